The third kappa shape index (κ3) is 4.49. The summed E-state index contributed by atoms with van der Waals surface area (Å²) in [6, 6.07) is -0.526. The average Bonchev–Trinajstić information content (AvgIpc) is 2.62. The van der Waals surface area contributed by atoms with E-state index in [0.717, 1.165) is 32.1 Å². The van der Waals surface area contributed by atoms with Gasteiger partial charge in [0.05, 0.1) is 11.5 Å². The predicted molar refractivity (Wildman–Crippen MR) is 73.7 cm³/mol. The van der Waals surface area contributed by atoms with Crippen molar-refractivity contribution in [1.29, 1.82) is 0 Å². The second-order valence-electron chi connectivity index (χ2n) is 5.61. The molecule has 0 aliphatic heterocycles. The van der Waals surface area contributed by atoms with Gasteiger partial charge in [0.1, 0.15) is 0 Å². The van der Waals surface area contributed by atoms with Gasteiger partial charge in [-0.05, 0) is 19.3 Å². The van der Waals surface area contributed by atoms with Crippen LogP contribution in [-0.2, 0) is 9.59 Å². The van der Waals surface area contributed by atoms with E-state index in [0.29, 0.717) is 19.3 Å². The molecule has 1 saturated carbocycles. The molecule has 1 atom stereocenters. The molecule has 19 heavy (non-hydrogen) atoms. The van der Waals surface area contributed by atoms with Crippen molar-refractivity contribution < 1.29 is 14.7 Å². The van der Waals surface area contributed by atoms with E-state index in [4.69, 9.17) is 5.73 Å². The van der Waals surface area contributed by atoms with Crippen LogP contribution in [0, 0.1) is 5.41 Å². The second-order valence-corrected chi connectivity index (χ2v) is 5.61. The van der Waals surface area contributed by atoms with Crippen molar-refractivity contribution in [2.45, 2.75) is 64.3 Å². The molecular weight excluding hydrogens is 244 g/mol. The van der Waals surface area contributed by atoms with E-state index in [1.807, 2.05) is 6.92 Å². The van der Waals surface area contributed by atoms with E-state index >= 15 is 0 Å². The maximum absolute atomic E-state index is 11.8. The van der Waals surface area contributed by atoms with E-state index in [1.54, 1.807) is 0 Å². The van der Waals surface area contributed by atoms with E-state index in [2.05, 4.69) is 5.32 Å². The SMILES string of the molecule is CCCC(N)C(=O)NCC1(C(=O)O)CCCCCC1. The molecule has 0 heterocycles. The number of aliphatic carboxylic acids is 1. The fourth-order valence-corrected chi connectivity index (χ4v) is 2.70. The van der Waals surface area contributed by atoms with Gasteiger partial charge in [0.25, 0.3) is 0 Å². The maximum Gasteiger partial charge on any atom is 0.311 e. The minimum atomic E-state index is -0.794. The lowest BCUT2D eigenvalue weighted by Crippen LogP contribution is -2.48. The van der Waals surface area contributed by atoms with Crippen molar-refractivity contribution >= 4 is 11.9 Å². The fourth-order valence-electron chi connectivity index (χ4n) is 2.70. The molecule has 1 unspecified atom stereocenters. The number of nitrogens with two attached hydrogens (primary N) is 1. The normalized spacial score (nSPS) is 20.3. The van der Waals surface area contributed by atoms with Gasteiger partial charge in [0.15, 0.2) is 0 Å². The largest absolute Gasteiger partial charge is 0.481 e. The molecule has 4 N–H and O–H groups in total. The summed E-state index contributed by atoms with van der Waals surface area (Å²) >= 11 is 0. The van der Waals surface area contributed by atoms with Gasteiger partial charge >= 0.3 is 5.97 Å². The Morgan fingerprint density at radius 1 is 1.26 bits per heavy atom. The van der Waals surface area contributed by atoms with Crippen molar-refractivity contribution in [3.8, 4) is 0 Å². The van der Waals surface area contributed by atoms with E-state index in [-0.39, 0.29) is 12.5 Å². The number of rotatable bonds is 6. The van der Waals surface area contributed by atoms with Gasteiger partial charge in [-0.15, -0.1) is 0 Å². The molecular formula is C14H26N2O3. The van der Waals surface area contributed by atoms with Crippen molar-refractivity contribution in [3.63, 3.8) is 0 Å². The summed E-state index contributed by atoms with van der Waals surface area (Å²) in [5, 5.41) is 12.2. The minimum Gasteiger partial charge on any atom is -0.481 e. The van der Waals surface area contributed by atoms with Gasteiger partial charge in [0, 0.05) is 6.54 Å². The summed E-state index contributed by atoms with van der Waals surface area (Å²) in [5.74, 6) is -1.02. The third-order valence-corrected chi connectivity index (χ3v) is 4.05. The number of nitrogens with one attached hydrogen (secondary N) is 1. The zero-order valence-corrected chi connectivity index (χ0v) is 11.8. The summed E-state index contributed by atoms with van der Waals surface area (Å²) < 4.78 is 0. The first-order valence-electron chi connectivity index (χ1n) is 7.28. The van der Waals surface area contributed by atoms with Gasteiger partial charge in [0.2, 0.25) is 5.91 Å². The van der Waals surface area contributed by atoms with Crippen LogP contribution in [0.2, 0.25) is 0 Å². The van der Waals surface area contributed by atoms with Gasteiger partial charge in [-0.2, -0.15) is 0 Å². The van der Waals surface area contributed by atoms with Crippen LogP contribution in [-0.4, -0.2) is 29.6 Å². The molecule has 0 aromatic heterocycles. The molecule has 1 amide bonds. The van der Waals surface area contributed by atoms with Crippen LogP contribution in [0.3, 0.4) is 0 Å². The van der Waals surface area contributed by atoms with Gasteiger partial charge < -0.3 is 16.2 Å². The van der Waals surface area contributed by atoms with Crippen molar-refractivity contribution in [2.75, 3.05) is 6.54 Å². The lowest BCUT2D eigenvalue weighted by atomic mass is 9.80. The molecule has 0 bridgehead atoms. The first-order chi connectivity index (χ1) is 9.02. The highest BCUT2D eigenvalue weighted by atomic mass is 16.4. The Bertz CT molecular complexity index is 310. The van der Waals surface area contributed by atoms with Crippen LogP contribution in [0.25, 0.3) is 0 Å². The quantitative estimate of drug-likeness (QED) is 0.640. The van der Waals surface area contributed by atoms with Crippen LogP contribution in [0.1, 0.15) is 58.3 Å². The smallest absolute Gasteiger partial charge is 0.311 e. The van der Waals surface area contributed by atoms with Gasteiger partial charge in [-0.25, -0.2) is 0 Å². The maximum atomic E-state index is 11.8. The number of carbonyl (C=O) groups is 2. The van der Waals surface area contributed by atoms with Crippen LogP contribution in [0.15, 0.2) is 0 Å². The highest BCUT2D eigenvalue weighted by Gasteiger charge is 2.39. The van der Waals surface area contributed by atoms with Gasteiger partial charge in [-0.1, -0.05) is 39.0 Å². The summed E-state index contributed by atoms with van der Waals surface area (Å²) in [4.78, 5) is 23.4. The molecule has 5 heteroatoms. The first kappa shape index (κ1) is 16.0. The number of amides is 1. The summed E-state index contributed by atoms with van der Waals surface area (Å²) in [6.45, 7) is 2.18. The molecule has 0 radical (unpaired) electrons. The molecule has 0 spiro atoms. The number of hydrogen-bond donors (Lipinski definition) is 3. The second kappa shape index (κ2) is 7.48. The lowest BCUT2D eigenvalue weighted by Gasteiger charge is -2.28. The topological polar surface area (TPSA) is 92.4 Å². The van der Waals surface area contributed by atoms with Crippen molar-refractivity contribution in [1.82, 2.24) is 5.32 Å². The van der Waals surface area contributed by atoms with Crippen LogP contribution >= 0.6 is 0 Å². The number of carbonyl (C=O) groups excluding carboxylic acids is 1. The number of hydrogen-bond acceptors (Lipinski definition) is 3. The molecule has 0 aromatic carbocycles. The highest BCUT2D eigenvalue weighted by Crippen LogP contribution is 2.34. The zero-order chi connectivity index (χ0) is 14.3. The van der Waals surface area contributed by atoms with Crippen LogP contribution in [0.4, 0.5) is 0 Å². The third-order valence-electron chi connectivity index (χ3n) is 4.05. The monoisotopic (exact) mass is 270 g/mol. The summed E-state index contributed by atoms with van der Waals surface area (Å²) in [7, 11) is 0. The molecule has 1 aliphatic carbocycles. The highest BCUT2D eigenvalue weighted by molar-refractivity contribution is 5.82. The van der Waals surface area contributed by atoms with Gasteiger partial charge in [-0.3, -0.25) is 9.59 Å². The number of carboxylic acid groups (broad SMARTS) is 1. The average molecular weight is 270 g/mol. The standard InChI is InChI=1S/C14H26N2O3/c1-2-7-11(15)12(17)16-10-14(13(18)19)8-5-3-4-6-9-14/h11H,2-10,15H2,1H3,(H,16,17)(H,18,19). The summed E-state index contributed by atoms with van der Waals surface area (Å²) in [5.41, 5.74) is 4.94. The number of carboxylic acids is 1. The molecule has 1 aliphatic rings. The van der Waals surface area contributed by atoms with E-state index in [9.17, 15) is 14.7 Å². The Labute approximate surface area is 114 Å². The first-order valence-corrected chi connectivity index (χ1v) is 7.28. The Hall–Kier alpha value is -1.10. The van der Waals surface area contributed by atoms with Crippen molar-refractivity contribution in [3.05, 3.63) is 0 Å². The Morgan fingerprint density at radius 2 is 1.84 bits per heavy atom. The van der Waals surface area contributed by atoms with Crippen LogP contribution < -0.4 is 11.1 Å². The summed E-state index contributed by atoms with van der Waals surface area (Å²) in [6.07, 6.45) is 6.77. The Balaban J connectivity index is 2.58. The minimum absolute atomic E-state index is 0.207. The molecule has 0 aromatic rings. The molecule has 110 valence electrons. The van der Waals surface area contributed by atoms with E-state index < -0.39 is 17.4 Å². The molecule has 5 nitrogen and oxygen atoms in total. The molecule has 1 rings (SSSR count). The molecule has 0 saturated heterocycles. The molecule has 1 fully saturated rings. The zero-order valence-electron chi connectivity index (χ0n) is 11.8. The predicted octanol–water partition coefficient (Wildman–Crippen LogP) is 1.66. The lowest BCUT2D eigenvalue weighted by molar-refractivity contribution is -0.149. The Morgan fingerprint density at radius 3 is 2.32 bits per heavy atom. The Kier molecular flexibility index (Phi) is 6.28. The van der Waals surface area contributed by atoms with Crippen LogP contribution in [0.5, 0.6) is 0 Å². The fraction of sp³-hybridized carbons (Fsp3) is 0.857. The van der Waals surface area contributed by atoms with E-state index in [1.165, 1.54) is 0 Å². The van der Waals surface area contributed by atoms with Crippen molar-refractivity contribution in [2.24, 2.45) is 11.1 Å².